The van der Waals surface area contributed by atoms with Gasteiger partial charge in [-0.05, 0) is 45.3 Å². The molecular formula is C14H26F3N3S. The van der Waals surface area contributed by atoms with E-state index in [4.69, 9.17) is 0 Å². The Balaban J connectivity index is 2.28. The molecule has 1 aliphatic heterocycles. The third kappa shape index (κ3) is 8.44. The predicted molar refractivity (Wildman–Crippen MR) is 84.0 cm³/mol. The van der Waals surface area contributed by atoms with Crippen LogP contribution >= 0.6 is 11.8 Å². The van der Waals surface area contributed by atoms with E-state index in [2.05, 4.69) is 22.5 Å². The van der Waals surface area contributed by atoms with E-state index in [1.165, 1.54) is 18.6 Å². The molecule has 0 aromatic heterocycles. The van der Waals surface area contributed by atoms with E-state index in [-0.39, 0.29) is 11.2 Å². The van der Waals surface area contributed by atoms with Gasteiger partial charge in [0.2, 0.25) is 0 Å². The zero-order chi connectivity index (χ0) is 15.8. The highest BCUT2D eigenvalue weighted by Crippen LogP contribution is 2.37. The maximum atomic E-state index is 12.0. The van der Waals surface area contributed by atoms with Crippen LogP contribution in [0.5, 0.6) is 0 Å². The van der Waals surface area contributed by atoms with E-state index >= 15 is 0 Å². The average molecular weight is 325 g/mol. The molecule has 1 fully saturated rings. The molecule has 0 radical (unpaired) electrons. The largest absolute Gasteiger partial charge is 0.389 e. The molecule has 0 spiro atoms. The molecule has 7 heteroatoms. The van der Waals surface area contributed by atoms with Crippen LogP contribution in [0, 0.1) is 0 Å². The summed E-state index contributed by atoms with van der Waals surface area (Å²) in [7, 11) is 0. The molecule has 1 saturated heterocycles. The molecule has 2 N–H and O–H groups in total. The molecule has 1 unspecified atom stereocenters. The first-order valence-corrected chi connectivity index (χ1v) is 8.56. The lowest BCUT2D eigenvalue weighted by molar-refractivity contribution is -0.135. The molecule has 1 rings (SSSR count). The molecule has 0 aliphatic carbocycles. The first-order chi connectivity index (χ1) is 9.85. The molecule has 1 aliphatic rings. The standard InChI is InChI=1S/C14H26F3N3S/c1-3-18-12(19-9-5-4-8-14(15,16)17)20-11-13(2)7-6-10-21-13/h3-11H2,1-2H3,(H2,18,19,20). The van der Waals surface area contributed by atoms with Crippen molar-refractivity contribution in [2.75, 3.05) is 25.4 Å². The van der Waals surface area contributed by atoms with Crippen molar-refractivity contribution in [2.24, 2.45) is 4.99 Å². The number of alkyl halides is 3. The van der Waals surface area contributed by atoms with Crippen molar-refractivity contribution >= 4 is 17.7 Å². The highest BCUT2D eigenvalue weighted by Gasteiger charge is 2.29. The molecule has 0 aromatic rings. The van der Waals surface area contributed by atoms with E-state index in [0.29, 0.717) is 18.9 Å². The molecular weight excluding hydrogens is 299 g/mol. The van der Waals surface area contributed by atoms with Crippen molar-refractivity contribution in [3.8, 4) is 0 Å². The van der Waals surface area contributed by atoms with Crippen molar-refractivity contribution in [3.63, 3.8) is 0 Å². The van der Waals surface area contributed by atoms with Gasteiger partial charge in [-0.1, -0.05) is 0 Å². The van der Waals surface area contributed by atoms with Crippen LogP contribution in [-0.2, 0) is 0 Å². The summed E-state index contributed by atoms with van der Waals surface area (Å²) < 4.78 is 36.3. The topological polar surface area (TPSA) is 36.4 Å². The van der Waals surface area contributed by atoms with Crippen molar-refractivity contribution in [2.45, 2.75) is 56.9 Å². The van der Waals surface area contributed by atoms with Crippen molar-refractivity contribution < 1.29 is 13.2 Å². The van der Waals surface area contributed by atoms with Gasteiger partial charge in [0.1, 0.15) is 0 Å². The summed E-state index contributed by atoms with van der Waals surface area (Å²) in [4.78, 5) is 4.56. The zero-order valence-corrected chi connectivity index (χ0v) is 13.7. The fourth-order valence-corrected chi connectivity index (χ4v) is 3.43. The Morgan fingerprint density at radius 2 is 2.05 bits per heavy atom. The molecule has 0 saturated carbocycles. The second kappa shape index (κ2) is 8.76. The van der Waals surface area contributed by atoms with Crippen molar-refractivity contribution in [1.29, 1.82) is 0 Å². The van der Waals surface area contributed by atoms with Gasteiger partial charge in [-0.3, -0.25) is 4.99 Å². The summed E-state index contributed by atoms with van der Waals surface area (Å²) in [6.07, 6.45) is -1.70. The van der Waals surface area contributed by atoms with Gasteiger partial charge in [-0.25, -0.2) is 0 Å². The Bertz CT molecular complexity index is 326. The third-order valence-electron chi connectivity index (χ3n) is 3.40. The molecule has 21 heavy (non-hydrogen) atoms. The molecule has 0 aromatic carbocycles. The summed E-state index contributed by atoms with van der Waals surface area (Å²) in [5.74, 6) is 1.89. The van der Waals surface area contributed by atoms with Gasteiger partial charge in [-0.15, -0.1) is 0 Å². The Labute approximate surface area is 129 Å². The van der Waals surface area contributed by atoms with Crippen LogP contribution in [0.4, 0.5) is 13.2 Å². The van der Waals surface area contributed by atoms with E-state index < -0.39 is 12.6 Å². The SMILES string of the molecule is CCNC(=NCC1(C)CCCS1)NCCCCC(F)(F)F. The smallest absolute Gasteiger partial charge is 0.357 e. The van der Waals surface area contributed by atoms with Crippen LogP contribution in [-0.4, -0.2) is 42.3 Å². The number of nitrogens with zero attached hydrogens (tertiary/aromatic N) is 1. The molecule has 0 amide bonds. The Morgan fingerprint density at radius 1 is 1.29 bits per heavy atom. The highest BCUT2D eigenvalue weighted by atomic mass is 32.2. The number of guanidine groups is 1. The molecule has 0 bridgehead atoms. The number of rotatable bonds is 7. The number of nitrogens with one attached hydrogen (secondary N) is 2. The molecule has 1 atom stereocenters. The number of halogens is 3. The Hall–Kier alpha value is -0.590. The lowest BCUT2D eigenvalue weighted by Gasteiger charge is -2.21. The van der Waals surface area contributed by atoms with Crippen LogP contribution in [0.2, 0.25) is 0 Å². The van der Waals surface area contributed by atoms with E-state index in [1.807, 2.05) is 18.7 Å². The van der Waals surface area contributed by atoms with Crippen LogP contribution < -0.4 is 10.6 Å². The first-order valence-electron chi connectivity index (χ1n) is 7.57. The van der Waals surface area contributed by atoms with E-state index in [9.17, 15) is 13.2 Å². The summed E-state index contributed by atoms with van der Waals surface area (Å²) in [5, 5.41) is 6.25. The predicted octanol–water partition coefficient (Wildman–Crippen LogP) is 3.56. The van der Waals surface area contributed by atoms with Crippen molar-refractivity contribution in [3.05, 3.63) is 0 Å². The van der Waals surface area contributed by atoms with Gasteiger partial charge < -0.3 is 10.6 Å². The fraction of sp³-hybridized carbons (Fsp3) is 0.929. The van der Waals surface area contributed by atoms with Gasteiger partial charge in [0, 0.05) is 24.3 Å². The quantitative estimate of drug-likeness (QED) is 0.427. The van der Waals surface area contributed by atoms with Crippen LogP contribution in [0.3, 0.4) is 0 Å². The van der Waals surface area contributed by atoms with Gasteiger partial charge in [0.05, 0.1) is 6.54 Å². The summed E-state index contributed by atoms with van der Waals surface area (Å²) in [5.41, 5.74) is 0. The Kier molecular flexibility index (Phi) is 7.70. The minimum Gasteiger partial charge on any atom is -0.357 e. The van der Waals surface area contributed by atoms with Gasteiger partial charge in [0.15, 0.2) is 5.96 Å². The number of thioether (sulfide) groups is 1. The minimum atomic E-state index is -4.05. The monoisotopic (exact) mass is 325 g/mol. The maximum Gasteiger partial charge on any atom is 0.389 e. The lowest BCUT2D eigenvalue weighted by Crippen LogP contribution is -2.39. The number of hydrogen-bond acceptors (Lipinski definition) is 2. The number of hydrogen-bond donors (Lipinski definition) is 2. The van der Waals surface area contributed by atoms with Gasteiger partial charge >= 0.3 is 6.18 Å². The normalized spacial score (nSPS) is 23.4. The van der Waals surface area contributed by atoms with Crippen LogP contribution in [0.25, 0.3) is 0 Å². The molecule has 124 valence electrons. The second-order valence-corrected chi connectivity index (χ2v) is 7.28. The maximum absolute atomic E-state index is 12.0. The number of aliphatic imine (C=N–C) groups is 1. The van der Waals surface area contributed by atoms with E-state index in [1.54, 1.807) is 0 Å². The lowest BCUT2D eigenvalue weighted by atomic mass is 10.1. The highest BCUT2D eigenvalue weighted by molar-refractivity contribution is 8.00. The van der Waals surface area contributed by atoms with E-state index in [0.717, 1.165) is 13.1 Å². The second-order valence-electron chi connectivity index (χ2n) is 5.60. The summed E-state index contributed by atoms with van der Waals surface area (Å²) in [6.45, 7) is 6.22. The van der Waals surface area contributed by atoms with Crippen LogP contribution in [0.15, 0.2) is 4.99 Å². The summed E-state index contributed by atoms with van der Waals surface area (Å²) in [6, 6.07) is 0. The minimum absolute atomic E-state index is 0.156. The van der Waals surface area contributed by atoms with Gasteiger partial charge in [0.25, 0.3) is 0 Å². The fourth-order valence-electron chi connectivity index (χ4n) is 2.21. The Morgan fingerprint density at radius 3 is 2.62 bits per heavy atom. The third-order valence-corrected chi connectivity index (χ3v) is 4.92. The van der Waals surface area contributed by atoms with Crippen LogP contribution in [0.1, 0.15) is 46.0 Å². The van der Waals surface area contributed by atoms with Crippen molar-refractivity contribution in [1.82, 2.24) is 10.6 Å². The zero-order valence-electron chi connectivity index (χ0n) is 12.9. The molecule has 1 heterocycles. The van der Waals surface area contributed by atoms with Gasteiger partial charge in [-0.2, -0.15) is 24.9 Å². The first kappa shape index (κ1) is 18.5. The summed E-state index contributed by atoms with van der Waals surface area (Å²) >= 11 is 1.95. The molecule has 3 nitrogen and oxygen atoms in total. The number of unbranched alkanes of at least 4 members (excludes halogenated alkanes) is 1. The average Bonchev–Trinajstić information content (AvgIpc) is 2.81.